The summed E-state index contributed by atoms with van der Waals surface area (Å²) in [6.07, 6.45) is 3.88. The van der Waals surface area contributed by atoms with Crippen molar-refractivity contribution in [2.24, 2.45) is 0 Å². The molecule has 0 aliphatic carbocycles. The van der Waals surface area contributed by atoms with Crippen molar-refractivity contribution in [3.63, 3.8) is 0 Å². The summed E-state index contributed by atoms with van der Waals surface area (Å²) in [4.78, 5) is 12.9. The Balaban J connectivity index is 1.70. The molecule has 1 aliphatic rings. The van der Waals surface area contributed by atoms with E-state index in [9.17, 15) is 4.79 Å². The molecule has 166 valence electrons. The fourth-order valence-corrected chi connectivity index (χ4v) is 3.61. The first-order chi connectivity index (χ1) is 15.0. The number of hydrogen-bond donors (Lipinski definition) is 2. The minimum atomic E-state index is -0.136. The van der Waals surface area contributed by atoms with Crippen molar-refractivity contribution in [2.75, 3.05) is 32.7 Å². The van der Waals surface area contributed by atoms with Crippen LogP contribution in [0.15, 0.2) is 43.0 Å². The largest absolute Gasteiger partial charge is 0.497 e. The summed E-state index contributed by atoms with van der Waals surface area (Å²) in [7, 11) is 3.23. The van der Waals surface area contributed by atoms with Gasteiger partial charge in [-0.05, 0) is 42.2 Å². The van der Waals surface area contributed by atoms with Gasteiger partial charge >= 0.3 is 0 Å². The van der Waals surface area contributed by atoms with Gasteiger partial charge in [0, 0.05) is 12.6 Å². The smallest absolute Gasteiger partial charge is 0.253 e. The predicted octanol–water partition coefficient (Wildman–Crippen LogP) is 4.90. The summed E-state index contributed by atoms with van der Waals surface area (Å²) in [6.45, 7) is 7.58. The number of anilines is 1. The zero-order valence-corrected chi connectivity index (χ0v) is 18.6. The molecule has 0 saturated carbocycles. The molecule has 0 fully saturated rings. The molecule has 3 rings (SSSR count). The molecule has 0 aromatic heterocycles. The van der Waals surface area contributed by atoms with Crippen LogP contribution in [0.4, 0.5) is 5.69 Å². The number of methoxy groups -OCH3 is 2. The number of rotatable bonds is 10. The van der Waals surface area contributed by atoms with Crippen molar-refractivity contribution < 1.29 is 19.0 Å². The minimum Gasteiger partial charge on any atom is -0.497 e. The van der Waals surface area contributed by atoms with Gasteiger partial charge in [-0.2, -0.15) is 0 Å². The van der Waals surface area contributed by atoms with Crippen LogP contribution < -0.4 is 24.8 Å². The standard InChI is InChI=1S/C25H32N2O4/c1-5-6-7-12-31-24-15-22-21(14-23(24)30-4)25(28)27-19(16-26-22)13-17(2)18-8-10-20(29-3)11-9-18/h8-11,14-15,19,26H,2,5-7,12-13,16H2,1,3-4H3,(H,27,28)/t19-/m0/s1. The van der Waals surface area contributed by atoms with E-state index >= 15 is 0 Å². The molecule has 1 aliphatic heterocycles. The summed E-state index contributed by atoms with van der Waals surface area (Å²) in [5, 5.41) is 6.50. The van der Waals surface area contributed by atoms with Crippen LogP contribution in [0, 0.1) is 0 Å². The molecule has 6 heteroatoms. The van der Waals surface area contributed by atoms with E-state index in [0.29, 0.717) is 36.6 Å². The van der Waals surface area contributed by atoms with Crippen molar-refractivity contribution >= 4 is 17.2 Å². The molecule has 1 amide bonds. The van der Waals surface area contributed by atoms with E-state index < -0.39 is 0 Å². The van der Waals surface area contributed by atoms with Gasteiger partial charge in [0.15, 0.2) is 11.5 Å². The molecular weight excluding hydrogens is 392 g/mol. The van der Waals surface area contributed by atoms with Crippen LogP contribution in [0.5, 0.6) is 17.2 Å². The number of benzene rings is 2. The summed E-state index contributed by atoms with van der Waals surface area (Å²) in [6, 6.07) is 11.3. The number of unbranched alkanes of at least 4 members (excludes halogenated alkanes) is 2. The number of fused-ring (bicyclic) bond motifs is 1. The highest BCUT2D eigenvalue weighted by molar-refractivity contribution is 6.01. The summed E-state index contributed by atoms with van der Waals surface area (Å²) in [5.41, 5.74) is 3.29. The lowest BCUT2D eigenvalue weighted by molar-refractivity contribution is 0.0943. The lowest BCUT2D eigenvalue weighted by Gasteiger charge is -2.18. The molecule has 0 saturated heterocycles. The number of ether oxygens (including phenoxy) is 3. The Morgan fingerprint density at radius 1 is 1.10 bits per heavy atom. The average molecular weight is 425 g/mol. The van der Waals surface area contributed by atoms with Crippen molar-refractivity contribution in [2.45, 2.75) is 38.6 Å². The zero-order chi connectivity index (χ0) is 22.2. The normalized spacial score (nSPS) is 15.2. The molecule has 2 aromatic rings. The van der Waals surface area contributed by atoms with Crippen molar-refractivity contribution in [3.8, 4) is 17.2 Å². The molecule has 31 heavy (non-hydrogen) atoms. The summed E-state index contributed by atoms with van der Waals surface area (Å²) in [5.74, 6) is 1.88. The number of hydrogen-bond acceptors (Lipinski definition) is 5. The van der Waals surface area contributed by atoms with Crippen LogP contribution in [-0.2, 0) is 0 Å². The molecule has 0 radical (unpaired) electrons. The van der Waals surface area contributed by atoms with Crippen molar-refractivity contribution in [3.05, 3.63) is 54.1 Å². The highest BCUT2D eigenvalue weighted by Gasteiger charge is 2.24. The van der Waals surface area contributed by atoms with Crippen LogP contribution in [0.25, 0.3) is 5.57 Å². The van der Waals surface area contributed by atoms with Crippen LogP contribution in [0.3, 0.4) is 0 Å². The third-order valence-electron chi connectivity index (χ3n) is 5.42. The molecule has 2 N–H and O–H groups in total. The summed E-state index contributed by atoms with van der Waals surface area (Å²) < 4.78 is 16.6. The Labute approximate surface area is 184 Å². The Morgan fingerprint density at radius 3 is 2.55 bits per heavy atom. The van der Waals surface area contributed by atoms with Gasteiger partial charge in [-0.3, -0.25) is 4.79 Å². The topological polar surface area (TPSA) is 68.8 Å². The van der Waals surface area contributed by atoms with Crippen LogP contribution in [0.2, 0.25) is 0 Å². The third-order valence-corrected chi connectivity index (χ3v) is 5.42. The summed E-state index contributed by atoms with van der Waals surface area (Å²) >= 11 is 0. The second-order valence-corrected chi connectivity index (χ2v) is 7.69. The molecule has 0 spiro atoms. The van der Waals surface area contributed by atoms with Crippen molar-refractivity contribution in [1.29, 1.82) is 0 Å². The van der Waals surface area contributed by atoms with Crippen LogP contribution in [0.1, 0.15) is 48.5 Å². The average Bonchev–Trinajstić information content (AvgIpc) is 2.94. The number of carbonyl (C=O) groups is 1. The quantitative estimate of drug-likeness (QED) is 0.531. The third kappa shape index (κ3) is 5.72. The molecule has 2 aromatic carbocycles. The highest BCUT2D eigenvalue weighted by atomic mass is 16.5. The van der Waals surface area contributed by atoms with Gasteiger partial charge in [0.1, 0.15) is 5.75 Å². The molecule has 0 unspecified atom stereocenters. The zero-order valence-electron chi connectivity index (χ0n) is 18.6. The van der Waals surface area contributed by atoms with Crippen molar-refractivity contribution in [1.82, 2.24) is 5.32 Å². The Kier molecular flexibility index (Phi) is 7.82. The number of nitrogens with one attached hydrogen (secondary N) is 2. The fourth-order valence-electron chi connectivity index (χ4n) is 3.61. The maximum atomic E-state index is 12.9. The van der Waals surface area contributed by atoms with Gasteiger partial charge in [-0.15, -0.1) is 0 Å². The second-order valence-electron chi connectivity index (χ2n) is 7.69. The van der Waals surface area contributed by atoms with E-state index in [1.165, 1.54) is 0 Å². The maximum Gasteiger partial charge on any atom is 0.253 e. The minimum absolute atomic E-state index is 0.0885. The lowest BCUT2D eigenvalue weighted by Crippen LogP contribution is -2.37. The Morgan fingerprint density at radius 2 is 1.87 bits per heavy atom. The van der Waals surface area contributed by atoms with E-state index in [1.54, 1.807) is 20.3 Å². The van der Waals surface area contributed by atoms with Gasteiger partial charge in [0.2, 0.25) is 0 Å². The Hall–Kier alpha value is -3.15. The number of amides is 1. The van der Waals surface area contributed by atoms with E-state index in [1.807, 2.05) is 30.3 Å². The fraction of sp³-hybridized carbons (Fsp3) is 0.400. The maximum absolute atomic E-state index is 12.9. The van der Waals surface area contributed by atoms with Gasteiger partial charge in [0.25, 0.3) is 5.91 Å². The van der Waals surface area contributed by atoms with E-state index in [4.69, 9.17) is 14.2 Å². The highest BCUT2D eigenvalue weighted by Crippen LogP contribution is 2.35. The van der Waals surface area contributed by atoms with Gasteiger partial charge in [-0.25, -0.2) is 0 Å². The predicted molar refractivity (Wildman–Crippen MR) is 124 cm³/mol. The monoisotopic (exact) mass is 424 g/mol. The first-order valence-electron chi connectivity index (χ1n) is 10.8. The molecule has 0 bridgehead atoms. The number of carbonyl (C=O) groups excluding carboxylic acids is 1. The van der Waals surface area contributed by atoms with Crippen LogP contribution in [-0.4, -0.2) is 39.3 Å². The SMILES string of the molecule is C=C(C[C@H]1CNc2cc(OCCCCC)c(OC)cc2C(=O)N1)c1ccc(OC)cc1. The van der Waals surface area contributed by atoms with Gasteiger partial charge in [-0.1, -0.05) is 38.5 Å². The van der Waals surface area contributed by atoms with E-state index in [-0.39, 0.29) is 11.9 Å². The van der Waals surface area contributed by atoms with E-state index in [2.05, 4.69) is 24.1 Å². The van der Waals surface area contributed by atoms with E-state index in [0.717, 1.165) is 41.8 Å². The van der Waals surface area contributed by atoms with Gasteiger partial charge in [0.05, 0.1) is 38.1 Å². The van der Waals surface area contributed by atoms with Crippen LogP contribution >= 0.6 is 0 Å². The lowest BCUT2D eigenvalue weighted by atomic mass is 10.00. The molecule has 6 nitrogen and oxygen atoms in total. The molecule has 1 heterocycles. The first kappa shape index (κ1) is 22.5. The van der Waals surface area contributed by atoms with Gasteiger partial charge < -0.3 is 24.8 Å². The Bertz CT molecular complexity index is 908. The first-order valence-corrected chi connectivity index (χ1v) is 10.8. The molecule has 1 atom stereocenters. The molecular formula is C25H32N2O4. The second kappa shape index (κ2) is 10.8.